The van der Waals surface area contributed by atoms with Crippen molar-refractivity contribution in [1.82, 2.24) is 0 Å². The van der Waals surface area contributed by atoms with E-state index in [0.29, 0.717) is 5.75 Å². The molecule has 0 unspecified atom stereocenters. The van der Waals surface area contributed by atoms with Gasteiger partial charge in [0.25, 0.3) is 0 Å². The molecule has 0 amide bonds. The number of nitriles is 1. The fourth-order valence-corrected chi connectivity index (χ4v) is 2.31. The lowest BCUT2D eigenvalue weighted by atomic mass is 9.87. The number of aliphatic carboxylic acids is 1. The molecule has 0 atom stereocenters. The zero-order chi connectivity index (χ0) is 20.2. The predicted molar refractivity (Wildman–Crippen MR) is 99.5 cm³/mol. The Morgan fingerprint density at radius 1 is 1.22 bits per heavy atom. The van der Waals surface area contributed by atoms with Crippen LogP contribution in [0.2, 0.25) is 0 Å². The molecular formula is C20H18N2O5. The van der Waals surface area contributed by atoms with Gasteiger partial charge in [-0.25, -0.2) is 4.79 Å². The van der Waals surface area contributed by atoms with E-state index < -0.39 is 16.5 Å². The van der Waals surface area contributed by atoms with Crippen LogP contribution in [0.1, 0.15) is 31.9 Å². The zero-order valence-electron chi connectivity index (χ0n) is 15.1. The molecule has 0 aliphatic heterocycles. The van der Waals surface area contributed by atoms with Crippen LogP contribution in [0.5, 0.6) is 11.5 Å². The Labute approximate surface area is 156 Å². The van der Waals surface area contributed by atoms with Gasteiger partial charge in [0.05, 0.1) is 4.92 Å². The summed E-state index contributed by atoms with van der Waals surface area (Å²) in [5.41, 5.74) is 0.446. The third-order valence-corrected chi connectivity index (χ3v) is 3.79. The minimum absolute atomic E-state index is 0.0227. The average molecular weight is 366 g/mol. The van der Waals surface area contributed by atoms with Crippen molar-refractivity contribution in [2.75, 3.05) is 0 Å². The SMILES string of the molecule is CC(C)(C)c1ccc(Oc2ccc(/C=C(\C#N)C(=O)O)cc2[N+](=O)[O-])cc1. The van der Waals surface area contributed by atoms with Crippen LogP contribution in [0, 0.1) is 21.4 Å². The number of hydrogen-bond donors (Lipinski definition) is 1. The Kier molecular flexibility index (Phi) is 5.61. The summed E-state index contributed by atoms with van der Waals surface area (Å²) in [6.45, 7) is 6.23. The summed E-state index contributed by atoms with van der Waals surface area (Å²) in [5, 5.41) is 29.1. The van der Waals surface area contributed by atoms with Crippen LogP contribution < -0.4 is 4.74 Å². The third-order valence-electron chi connectivity index (χ3n) is 3.79. The summed E-state index contributed by atoms with van der Waals surface area (Å²) < 4.78 is 5.63. The van der Waals surface area contributed by atoms with E-state index in [2.05, 4.69) is 20.8 Å². The summed E-state index contributed by atoms with van der Waals surface area (Å²) in [7, 11) is 0. The van der Waals surface area contributed by atoms with Gasteiger partial charge in [-0.3, -0.25) is 10.1 Å². The summed E-state index contributed by atoms with van der Waals surface area (Å²) in [6.07, 6.45) is 1.07. The maximum Gasteiger partial charge on any atom is 0.346 e. The van der Waals surface area contributed by atoms with E-state index in [1.54, 1.807) is 12.1 Å². The number of ether oxygens (including phenoxy) is 1. The number of rotatable bonds is 5. The first kappa shape index (κ1) is 19.7. The lowest BCUT2D eigenvalue weighted by Crippen LogP contribution is -2.10. The first-order valence-electron chi connectivity index (χ1n) is 8.04. The molecule has 0 radical (unpaired) electrons. The number of nitro groups is 1. The van der Waals surface area contributed by atoms with Crippen molar-refractivity contribution in [2.24, 2.45) is 0 Å². The maximum atomic E-state index is 11.4. The fraction of sp³-hybridized carbons (Fsp3) is 0.200. The van der Waals surface area contributed by atoms with E-state index in [4.69, 9.17) is 15.1 Å². The average Bonchev–Trinajstić information content (AvgIpc) is 2.60. The maximum absolute atomic E-state index is 11.4. The zero-order valence-corrected chi connectivity index (χ0v) is 15.1. The molecule has 0 saturated carbocycles. The molecule has 1 N–H and O–H groups in total. The highest BCUT2D eigenvalue weighted by Gasteiger charge is 2.18. The third kappa shape index (κ3) is 4.92. The first-order valence-corrected chi connectivity index (χ1v) is 8.04. The second-order valence-corrected chi connectivity index (χ2v) is 6.84. The number of benzene rings is 2. The second kappa shape index (κ2) is 7.70. The summed E-state index contributed by atoms with van der Waals surface area (Å²) in [4.78, 5) is 21.7. The van der Waals surface area contributed by atoms with Gasteiger partial charge in [-0.1, -0.05) is 39.0 Å². The predicted octanol–water partition coefficient (Wildman–Crippen LogP) is 4.68. The van der Waals surface area contributed by atoms with E-state index in [0.717, 1.165) is 11.6 Å². The largest absolute Gasteiger partial charge is 0.477 e. The summed E-state index contributed by atoms with van der Waals surface area (Å²) >= 11 is 0. The van der Waals surface area contributed by atoms with Crippen molar-refractivity contribution in [3.63, 3.8) is 0 Å². The Balaban J connectivity index is 2.36. The van der Waals surface area contributed by atoms with Gasteiger partial charge in [-0.15, -0.1) is 0 Å². The highest BCUT2D eigenvalue weighted by molar-refractivity contribution is 5.96. The first-order chi connectivity index (χ1) is 12.6. The molecule has 2 aromatic rings. The lowest BCUT2D eigenvalue weighted by Gasteiger charge is -2.19. The topological polar surface area (TPSA) is 113 Å². The second-order valence-electron chi connectivity index (χ2n) is 6.84. The molecule has 7 nitrogen and oxygen atoms in total. The van der Waals surface area contributed by atoms with Crippen molar-refractivity contribution in [3.05, 3.63) is 69.3 Å². The molecule has 0 aliphatic carbocycles. The smallest absolute Gasteiger partial charge is 0.346 e. The fourth-order valence-electron chi connectivity index (χ4n) is 2.31. The molecule has 0 spiro atoms. The highest BCUT2D eigenvalue weighted by Crippen LogP contribution is 2.33. The molecule has 2 rings (SSSR count). The molecule has 0 aromatic heterocycles. The number of hydrogen-bond acceptors (Lipinski definition) is 5. The monoisotopic (exact) mass is 366 g/mol. The lowest BCUT2D eigenvalue weighted by molar-refractivity contribution is -0.385. The van der Waals surface area contributed by atoms with Gasteiger partial charge in [0.2, 0.25) is 5.75 Å². The van der Waals surface area contributed by atoms with Crippen molar-refractivity contribution < 1.29 is 19.6 Å². The number of carboxylic acid groups (broad SMARTS) is 1. The molecule has 0 saturated heterocycles. The quantitative estimate of drug-likeness (QED) is 0.356. The minimum atomic E-state index is -1.40. The normalized spacial score (nSPS) is 11.6. The summed E-state index contributed by atoms with van der Waals surface area (Å²) in [6, 6.07) is 12.8. The van der Waals surface area contributed by atoms with Crippen LogP contribution in [0.4, 0.5) is 5.69 Å². The number of nitrogens with zero attached hydrogens (tertiary/aromatic N) is 2. The molecule has 7 heteroatoms. The van der Waals surface area contributed by atoms with Gasteiger partial charge in [-0.2, -0.15) is 5.26 Å². The van der Waals surface area contributed by atoms with Gasteiger partial charge in [0.1, 0.15) is 17.4 Å². The van der Waals surface area contributed by atoms with E-state index in [9.17, 15) is 14.9 Å². The van der Waals surface area contributed by atoms with Gasteiger partial charge in [0.15, 0.2) is 0 Å². The van der Waals surface area contributed by atoms with Gasteiger partial charge in [0, 0.05) is 6.07 Å². The molecule has 0 aliphatic rings. The Bertz CT molecular complexity index is 948. The number of carbonyl (C=O) groups is 1. The standard InChI is InChI=1S/C20H18N2O5/c1-20(2,3)15-5-7-16(8-6-15)27-18-9-4-13(11-17(18)22(25)26)10-14(12-21)19(23)24/h4-11H,1-3H3,(H,23,24)/b14-10+. The van der Waals surface area contributed by atoms with Crippen molar-refractivity contribution in [2.45, 2.75) is 26.2 Å². The van der Waals surface area contributed by atoms with Crippen molar-refractivity contribution in [1.29, 1.82) is 5.26 Å². The Morgan fingerprint density at radius 3 is 2.33 bits per heavy atom. The molecule has 0 bridgehead atoms. The van der Waals surface area contributed by atoms with Crippen molar-refractivity contribution >= 4 is 17.7 Å². The van der Waals surface area contributed by atoms with Crippen LogP contribution in [0.15, 0.2) is 48.0 Å². The highest BCUT2D eigenvalue weighted by atomic mass is 16.6. The van der Waals surface area contributed by atoms with Gasteiger partial charge >= 0.3 is 11.7 Å². The van der Waals surface area contributed by atoms with E-state index in [1.165, 1.54) is 24.3 Å². The molecule has 0 heterocycles. The Morgan fingerprint density at radius 2 is 1.85 bits per heavy atom. The van der Waals surface area contributed by atoms with E-state index in [-0.39, 0.29) is 22.4 Å². The van der Waals surface area contributed by atoms with E-state index in [1.807, 2.05) is 12.1 Å². The van der Waals surface area contributed by atoms with E-state index >= 15 is 0 Å². The van der Waals surface area contributed by atoms with Crippen LogP contribution in [0.25, 0.3) is 6.08 Å². The van der Waals surface area contributed by atoms with Crippen LogP contribution in [-0.4, -0.2) is 16.0 Å². The number of nitro benzene ring substituents is 1. The van der Waals surface area contributed by atoms with Crippen molar-refractivity contribution in [3.8, 4) is 17.6 Å². The summed E-state index contributed by atoms with van der Waals surface area (Å²) in [5.74, 6) is -0.938. The van der Waals surface area contributed by atoms with Crippen LogP contribution >= 0.6 is 0 Å². The van der Waals surface area contributed by atoms with Gasteiger partial charge < -0.3 is 9.84 Å². The van der Waals surface area contributed by atoms with Crippen LogP contribution in [-0.2, 0) is 10.2 Å². The number of carboxylic acids is 1. The van der Waals surface area contributed by atoms with Gasteiger partial charge in [-0.05, 0) is 40.8 Å². The molecular weight excluding hydrogens is 348 g/mol. The molecule has 138 valence electrons. The molecule has 0 fully saturated rings. The Hall–Kier alpha value is -3.66. The minimum Gasteiger partial charge on any atom is -0.477 e. The van der Waals surface area contributed by atoms with Crippen LogP contribution in [0.3, 0.4) is 0 Å². The molecule has 27 heavy (non-hydrogen) atoms. The molecule has 2 aromatic carbocycles.